The van der Waals surface area contributed by atoms with Gasteiger partial charge in [0, 0.05) is 12.7 Å². The van der Waals surface area contributed by atoms with Crippen LogP contribution < -0.4 is 33.8 Å². The quantitative estimate of drug-likeness (QED) is 0.489. The Morgan fingerprint density at radius 3 is 2.03 bits per heavy atom. The highest BCUT2D eigenvalue weighted by Gasteiger charge is 2.30. The Morgan fingerprint density at radius 2 is 1.47 bits per heavy atom. The molecule has 0 amide bonds. The molecule has 0 aliphatic carbocycles. The summed E-state index contributed by atoms with van der Waals surface area (Å²) in [5, 5.41) is 9.96. The largest absolute Gasteiger partial charge is 0.504 e. The molecule has 0 bridgehead atoms. The second-order valence-electron chi connectivity index (χ2n) is 6.36. The molecule has 0 spiro atoms. The van der Waals surface area contributed by atoms with E-state index in [1.54, 1.807) is 6.07 Å². The van der Waals surface area contributed by atoms with Crippen LogP contribution in [0.15, 0.2) is 27.4 Å². The van der Waals surface area contributed by atoms with Gasteiger partial charge in [0.05, 0.1) is 35.5 Å². The number of methoxy groups -OCH3 is 6. The predicted octanol–water partition coefficient (Wildman–Crippen LogP) is 3.19. The van der Waals surface area contributed by atoms with Crippen LogP contribution in [0.5, 0.6) is 40.2 Å². The van der Waals surface area contributed by atoms with E-state index in [0.717, 1.165) is 0 Å². The van der Waals surface area contributed by atoms with Crippen molar-refractivity contribution >= 4 is 11.0 Å². The summed E-state index contributed by atoms with van der Waals surface area (Å²) in [5.74, 6) is 0.561. The minimum atomic E-state index is -0.532. The number of ether oxygens (including phenoxy) is 7. The Balaban J connectivity index is 2.48. The van der Waals surface area contributed by atoms with Gasteiger partial charge in [-0.1, -0.05) is 0 Å². The molecule has 0 atom stereocenters. The third-order valence-electron chi connectivity index (χ3n) is 4.70. The van der Waals surface area contributed by atoms with Crippen LogP contribution >= 0.6 is 0 Å². The SMILES string of the molecule is COCOc1c(OC)c(OC)c2oc(-c3ccc(O)c(OC)c3)c(OC)c(=O)c2c1OC. The average Bonchev–Trinajstić information content (AvgIpc) is 2.81. The van der Waals surface area contributed by atoms with E-state index < -0.39 is 5.43 Å². The third kappa shape index (κ3) is 3.69. The van der Waals surface area contributed by atoms with Crippen LogP contribution in [0.4, 0.5) is 0 Å². The summed E-state index contributed by atoms with van der Waals surface area (Å²) < 4.78 is 43.8. The van der Waals surface area contributed by atoms with Gasteiger partial charge in [-0.25, -0.2) is 0 Å². The van der Waals surface area contributed by atoms with Crippen molar-refractivity contribution in [1.82, 2.24) is 0 Å². The number of phenols is 1. The average molecular weight is 448 g/mol. The van der Waals surface area contributed by atoms with Crippen LogP contribution in [0.2, 0.25) is 0 Å². The van der Waals surface area contributed by atoms with E-state index in [0.29, 0.717) is 5.56 Å². The van der Waals surface area contributed by atoms with Gasteiger partial charge in [-0.05, 0) is 18.2 Å². The lowest BCUT2D eigenvalue weighted by Gasteiger charge is -2.19. The molecule has 0 aliphatic rings. The second kappa shape index (κ2) is 9.56. The third-order valence-corrected chi connectivity index (χ3v) is 4.70. The molecule has 1 aromatic heterocycles. The molecule has 10 heteroatoms. The van der Waals surface area contributed by atoms with Gasteiger partial charge in [-0.15, -0.1) is 0 Å². The maximum Gasteiger partial charge on any atom is 0.239 e. The van der Waals surface area contributed by atoms with Crippen molar-refractivity contribution in [1.29, 1.82) is 0 Å². The highest BCUT2D eigenvalue weighted by Crippen LogP contribution is 2.51. The Morgan fingerprint density at radius 1 is 0.812 bits per heavy atom. The second-order valence-corrected chi connectivity index (χ2v) is 6.36. The summed E-state index contributed by atoms with van der Waals surface area (Å²) in [6.45, 7) is -0.130. The van der Waals surface area contributed by atoms with Crippen molar-refractivity contribution < 1.29 is 42.7 Å². The zero-order valence-corrected chi connectivity index (χ0v) is 18.6. The summed E-state index contributed by atoms with van der Waals surface area (Å²) >= 11 is 0. The zero-order chi connectivity index (χ0) is 23.4. The van der Waals surface area contributed by atoms with Crippen LogP contribution in [0.25, 0.3) is 22.3 Å². The summed E-state index contributed by atoms with van der Waals surface area (Å²) in [5.41, 5.74) is -0.0510. The van der Waals surface area contributed by atoms with Gasteiger partial charge in [0.15, 0.2) is 35.4 Å². The smallest absolute Gasteiger partial charge is 0.239 e. The number of hydrogen-bond acceptors (Lipinski definition) is 10. The summed E-state index contributed by atoms with van der Waals surface area (Å²) in [6.07, 6.45) is 0. The summed E-state index contributed by atoms with van der Waals surface area (Å²) in [6, 6.07) is 4.48. The van der Waals surface area contributed by atoms with E-state index in [9.17, 15) is 9.90 Å². The molecule has 0 radical (unpaired) electrons. The molecule has 0 aliphatic heterocycles. The van der Waals surface area contributed by atoms with E-state index in [1.807, 2.05) is 0 Å². The van der Waals surface area contributed by atoms with E-state index in [4.69, 9.17) is 37.6 Å². The summed E-state index contributed by atoms with van der Waals surface area (Å²) in [7, 11) is 8.40. The molecule has 0 unspecified atom stereocenters. The fourth-order valence-electron chi connectivity index (χ4n) is 3.32. The molecule has 32 heavy (non-hydrogen) atoms. The fourth-order valence-corrected chi connectivity index (χ4v) is 3.32. The topological polar surface area (TPSA) is 115 Å². The molecule has 0 saturated heterocycles. The van der Waals surface area contributed by atoms with Crippen molar-refractivity contribution in [2.24, 2.45) is 0 Å². The number of fused-ring (bicyclic) bond motifs is 1. The number of benzene rings is 2. The molecule has 10 nitrogen and oxygen atoms in total. The lowest BCUT2D eigenvalue weighted by Crippen LogP contribution is -2.12. The van der Waals surface area contributed by atoms with Gasteiger partial charge < -0.3 is 42.7 Å². The van der Waals surface area contributed by atoms with E-state index in [-0.39, 0.29) is 63.8 Å². The highest BCUT2D eigenvalue weighted by molar-refractivity contribution is 5.97. The lowest BCUT2D eigenvalue weighted by atomic mass is 10.1. The first-order chi connectivity index (χ1) is 15.5. The van der Waals surface area contributed by atoms with Crippen LogP contribution in [0.3, 0.4) is 0 Å². The first-order valence-corrected chi connectivity index (χ1v) is 9.33. The molecule has 172 valence electrons. The molecule has 3 aromatic rings. The summed E-state index contributed by atoms with van der Waals surface area (Å²) in [4.78, 5) is 13.5. The minimum Gasteiger partial charge on any atom is -0.504 e. The lowest BCUT2D eigenvalue weighted by molar-refractivity contribution is 0.0470. The van der Waals surface area contributed by atoms with Crippen molar-refractivity contribution in [3.05, 3.63) is 28.4 Å². The van der Waals surface area contributed by atoms with Crippen molar-refractivity contribution in [3.8, 4) is 51.6 Å². The van der Waals surface area contributed by atoms with Gasteiger partial charge >= 0.3 is 0 Å². The molecule has 1 N–H and O–H groups in total. The monoisotopic (exact) mass is 448 g/mol. The zero-order valence-electron chi connectivity index (χ0n) is 18.6. The fraction of sp³-hybridized carbons (Fsp3) is 0.318. The van der Waals surface area contributed by atoms with Crippen LogP contribution in [0, 0.1) is 0 Å². The normalized spacial score (nSPS) is 10.7. The van der Waals surface area contributed by atoms with Crippen molar-refractivity contribution in [3.63, 3.8) is 0 Å². The molecule has 0 fully saturated rings. The first-order valence-electron chi connectivity index (χ1n) is 9.33. The van der Waals surface area contributed by atoms with Gasteiger partial charge in [0.25, 0.3) is 0 Å². The molecular formula is C22H24O10. The minimum absolute atomic E-state index is 0.0302. The Hall–Kier alpha value is -3.79. The van der Waals surface area contributed by atoms with Crippen LogP contribution in [-0.2, 0) is 4.74 Å². The molecule has 3 rings (SSSR count). The molecule has 0 saturated carbocycles. The number of rotatable bonds is 9. The Labute approximate surface area is 183 Å². The maximum absolute atomic E-state index is 13.5. The van der Waals surface area contributed by atoms with Crippen LogP contribution in [-0.4, -0.2) is 54.6 Å². The first kappa shape index (κ1) is 22.9. The van der Waals surface area contributed by atoms with Gasteiger partial charge in [-0.2, -0.15) is 0 Å². The maximum atomic E-state index is 13.5. The van der Waals surface area contributed by atoms with Gasteiger partial charge in [0.1, 0.15) is 5.39 Å². The van der Waals surface area contributed by atoms with Crippen LogP contribution in [0.1, 0.15) is 0 Å². The Kier molecular flexibility index (Phi) is 6.84. The predicted molar refractivity (Wildman–Crippen MR) is 115 cm³/mol. The number of aromatic hydroxyl groups is 1. The van der Waals surface area contributed by atoms with E-state index in [1.165, 1.54) is 54.8 Å². The molecular weight excluding hydrogens is 424 g/mol. The van der Waals surface area contributed by atoms with Gasteiger partial charge in [-0.3, -0.25) is 4.79 Å². The molecule has 1 heterocycles. The highest BCUT2D eigenvalue weighted by atomic mass is 16.7. The standard InChI is InChI=1S/C22H24O10/c1-25-10-31-22-17(27-3)14-15(24)19(28-4)16(11-7-8-12(23)13(9-11)26-2)32-18(14)20(29-5)21(22)30-6/h7-9,23H,10H2,1-6H3. The number of phenolic OH excluding ortho intramolecular Hbond substituents is 1. The Bertz CT molecular complexity index is 1180. The molecule has 2 aromatic carbocycles. The van der Waals surface area contributed by atoms with Crippen molar-refractivity contribution in [2.75, 3.05) is 49.5 Å². The van der Waals surface area contributed by atoms with Gasteiger partial charge in [0.2, 0.25) is 28.4 Å². The van der Waals surface area contributed by atoms with E-state index >= 15 is 0 Å². The van der Waals surface area contributed by atoms with E-state index in [2.05, 4.69) is 0 Å². The number of hydrogen-bond donors (Lipinski definition) is 1. The van der Waals surface area contributed by atoms with Crippen molar-refractivity contribution in [2.45, 2.75) is 0 Å².